The highest BCUT2D eigenvalue weighted by Gasteiger charge is 2.31. The molecule has 7 heteroatoms. The molecule has 0 unspecified atom stereocenters. The molecule has 0 amide bonds. The number of aliphatic hydroxyl groups is 1. The Morgan fingerprint density at radius 1 is 1.19 bits per heavy atom. The third-order valence-electron chi connectivity index (χ3n) is 4.59. The lowest BCUT2D eigenvalue weighted by Crippen LogP contribution is -2.40. The predicted octanol–water partition coefficient (Wildman–Crippen LogP) is 2.24. The summed E-state index contributed by atoms with van der Waals surface area (Å²) < 4.78 is 11.6. The Bertz CT molecular complexity index is 726. The molecule has 140 valence electrons. The number of methoxy groups -OCH3 is 2. The van der Waals surface area contributed by atoms with Crippen molar-refractivity contribution in [3.05, 3.63) is 46.6 Å². The first-order valence-corrected chi connectivity index (χ1v) is 9.39. The van der Waals surface area contributed by atoms with Crippen LogP contribution in [0.4, 0.5) is 5.82 Å². The number of pyridine rings is 1. The summed E-state index contributed by atoms with van der Waals surface area (Å²) in [6, 6.07) is 9.89. The normalized spacial score (nSPS) is 19.6. The molecule has 1 aliphatic rings. The maximum atomic E-state index is 10.3. The number of nitrogens with zero attached hydrogens (tertiary/aromatic N) is 2. The van der Waals surface area contributed by atoms with Gasteiger partial charge in [0.25, 0.3) is 0 Å². The first-order valence-electron chi connectivity index (χ1n) is 8.59. The molecule has 26 heavy (non-hydrogen) atoms. The maximum absolute atomic E-state index is 10.3. The number of hydrogen-bond donors (Lipinski definition) is 2. The second-order valence-electron chi connectivity index (χ2n) is 6.31. The minimum absolute atomic E-state index is 0.0283. The lowest BCUT2D eigenvalue weighted by molar-refractivity contribution is 0.164. The zero-order valence-corrected chi connectivity index (χ0v) is 16.6. The summed E-state index contributed by atoms with van der Waals surface area (Å²) >= 11 is 3.39. The fourth-order valence-electron chi connectivity index (χ4n) is 3.17. The van der Waals surface area contributed by atoms with E-state index in [9.17, 15) is 5.11 Å². The van der Waals surface area contributed by atoms with Gasteiger partial charge >= 0.3 is 0 Å². The Hall–Kier alpha value is -1.83. The molecule has 6 nitrogen and oxygen atoms in total. The molecule has 3 rings (SSSR count). The molecule has 2 aromatic rings. The predicted molar refractivity (Wildman–Crippen MR) is 105 cm³/mol. The van der Waals surface area contributed by atoms with Crippen LogP contribution in [-0.2, 0) is 6.42 Å². The molecule has 0 aliphatic carbocycles. The second-order valence-corrected chi connectivity index (χ2v) is 7.22. The lowest BCUT2D eigenvalue weighted by Gasteiger charge is -2.17. The number of rotatable bonds is 7. The van der Waals surface area contributed by atoms with Crippen molar-refractivity contribution >= 4 is 21.7 Å². The molecule has 1 aromatic heterocycles. The highest BCUT2D eigenvalue weighted by atomic mass is 79.9. The zero-order chi connectivity index (χ0) is 18.5. The summed E-state index contributed by atoms with van der Waals surface area (Å²) in [7, 11) is 3.27. The van der Waals surface area contributed by atoms with Crippen molar-refractivity contribution in [2.75, 3.05) is 38.8 Å². The zero-order valence-electron chi connectivity index (χ0n) is 15.0. The number of nitrogens with one attached hydrogen (secondary N) is 1. The topological polar surface area (TPSA) is 66.9 Å². The van der Waals surface area contributed by atoms with Gasteiger partial charge in [-0.2, -0.15) is 0 Å². The molecule has 1 saturated heterocycles. The monoisotopic (exact) mass is 421 g/mol. The largest absolute Gasteiger partial charge is 0.493 e. The molecule has 2 atom stereocenters. The first-order chi connectivity index (χ1) is 12.6. The number of aliphatic hydroxyl groups excluding tert-OH is 1. The third kappa shape index (κ3) is 4.47. The van der Waals surface area contributed by atoms with Gasteiger partial charge in [-0.05, 0) is 58.7 Å². The van der Waals surface area contributed by atoms with Crippen molar-refractivity contribution in [1.82, 2.24) is 10.3 Å². The Morgan fingerprint density at radius 2 is 2.00 bits per heavy atom. The van der Waals surface area contributed by atoms with Crippen molar-refractivity contribution in [2.45, 2.75) is 18.6 Å². The van der Waals surface area contributed by atoms with E-state index >= 15 is 0 Å². The third-order valence-corrected chi connectivity index (χ3v) is 5.06. The Balaban J connectivity index is 1.53. The molecule has 1 aromatic carbocycles. The van der Waals surface area contributed by atoms with E-state index < -0.39 is 6.10 Å². The Kier molecular flexibility index (Phi) is 6.34. The summed E-state index contributed by atoms with van der Waals surface area (Å²) in [4.78, 5) is 6.51. The fraction of sp³-hybridized carbons (Fsp3) is 0.421. The average Bonchev–Trinajstić information content (AvgIpc) is 3.03. The molecule has 0 bridgehead atoms. The Morgan fingerprint density at radius 3 is 2.69 bits per heavy atom. The minimum atomic E-state index is -0.411. The van der Waals surface area contributed by atoms with Crippen LogP contribution >= 0.6 is 15.9 Å². The van der Waals surface area contributed by atoms with E-state index in [2.05, 4.69) is 31.1 Å². The van der Waals surface area contributed by atoms with Crippen LogP contribution in [0.25, 0.3) is 0 Å². The van der Waals surface area contributed by atoms with E-state index in [0.29, 0.717) is 6.54 Å². The van der Waals surface area contributed by atoms with Crippen LogP contribution < -0.4 is 19.7 Å². The molecule has 0 spiro atoms. The smallest absolute Gasteiger partial charge is 0.160 e. The van der Waals surface area contributed by atoms with Crippen LogP contribution in [0.15, 0.2) is 41.0 Å². The van der Waals surface area contributed by atoms with Gasteiger partial charge in [-0.25, -0.2) is 4.98 Å². The summed E-state index contributed by atoms with van der Waals surface area (Å²) in [5, 5.41) is 13.8. The van der Waals surface area contributed by atoms with E-state index in [1.807, 2.05) is 30.3 Å². The van der Waals surface area contributed by atoms with E-state index in [0.717, 1.165) is 46.9 Å². The number of anilines is 1. The number of halogens is 1. The fourth-order valence-corrected chi connectivity index (χ4v) is 3.40. The van der Waals surface area contributed by atoms with Gasteiger partial charge in [-0.3, -0.25) is 0 Å². The quantitative estimate of drug-likeness (QED) is 0.714. The van der Waals surface area contributed by atoms with E-state index in [-0.39, 0.29) is 6.04 Å². The number of hydrogen-bond acceptors (Lipinski definition) is 6. The second kappa shape index (κ2) is 8.70. The van der Waals surface area contributed by atoms with Gasteiger partial charge in [0.05, 0.1) is 26.4 Å². The lowest BCUT2D eigenvalue weighted by atomic mass is 10.1. The Labute approximate surface area is 162 Å². The number of ether oxygens (including phenoxy) is 2. The van der Waals surface area contributed by atoms with Gasteiger partial charge in [0.1, 0.15) is 5.82 Å². The molecule has 2 N–H and O–H groups in total. The van der Waals surface area contributed by atoms with Crippen molar-refractivity contribution in [3.8, 4) is 11.5 Å². The number of aromatic nitrogens is 1. The highest BCUT2D eigenvalue weighted by molar-refractivity contribution is 9.10. The summed E-state index contributed by atoms with van der Waals surface area (Å²) in [6.07, 6.45) is 2.21. The highest BCUT2D eigenvalue weighted by Crippen LogP contribution is 2.27. The van der Waals surface area contributed by atoms with Gasteiger partial charge in [0, 0.05) is 23.8 Å². The maximum Gasteiger partial charge on any atom is 0.160 e. The van der Waals surface area contributed by atoms with E-state index in [4.69, 9.17) is 9.47 Å². The molecular formula is C19H24BrN3O3. The van der Waals surface area contributed by atoms with Crippen LogP contribution in [-0.4, -0.2) is 56.1 Å². The summed E-state index contributed by atoms with van der Waals surface area (Å²) in [5.74, 6) is 2.35. The van der Waals surface area contributed by atoms with Crippen LogP contribution in [0.5, 0.6) is 11.5 Å². The number of β-amino-alcohol motifs (C(OH)–C–C–N with tert-alkyl or cyclic N) is 1. The first kappa shape index (κ1) is 18.9. The van der Waals surface area contributed by atoms with E-state index in [1.165, 1.54) is 0 Å². The number of benzene rings is 1. The van der Waals surface area contributed by atoms with Gasteiger partial charge in [-0.15, -0.1) is 0 Å². The molecular weight excluding hydrogens is 398 g/mol. The van der Waals surface area contributed by atoms with Crippen molar-refractivity contribution in [1.29, 1.82) is 0 Å². The SMILES string of the molecule is COc1ccc(CCN[C@@H]2CN(c3ccc(Br)cn3)C[C@H]2O)cc1OC. The molecule has 1 fully saturated rings. The van der Waals surface area contributed by atoms with Crippen LogP contribution in [0.1, 0.15) is 5.56 Å². The summed E-state index contributed by atoms with van der Waals surface area (Å²) in [5.41, 5.74) is 1.16. The van der Waals surface area contributed by atoms with Crippen molar-refractivity contribution in [2.24, 2.45) is 0 Å². The minimum Gasteiger partial charge on any atom is -0.493 e. The van der Waals surface area contributed by atoms with Gasteiger partial charge in [0.15, 0.2) is 11.5 Å². The summed E-state index contributed by atoms with van der Waals surface area (Å²) in [6.45, 7) is 2.10. The standard InChI is InChI=1S/C19H24BrN3O3/c1-25-17-5-3-13(9-18(17)26-2)7-8-21-15-11-23(12-16(15)24)19-6-4-14(20)10-22-19/h3-6,9-10,15-16,21,24H,7-8,11-12H2,1-2H3/t15-,16-/m1/s1. The van der Waals surface area contributed by atoms with Gasteiger partial charge in [-0.1, -0.05) is 6.07 Å². The molecule has 2 heterocycles. The van der Waals surface area contributed by atoms with Crippen molar-refractivity contribution < 1.29 is 14.6 Å². The molecule has 0 radical (unpaired) electrons. The van der Waals surface area contributed by atoms with Crippen LogP contribution in [0.3, 0.4) is 0 Å². The molecule has 0 saturated carbocycles. The molecule has 1 aliphatic heterocycles. The van der Waals surface area contributed by atoms with Gasteiger partial charge < -0.3 is 24.8 Å². The average molecular weight is 422 g/mol. The van der Waals surface area contributed by atoms with Gasteiger partial charge in [0.2, 0.25) is 0 Å². The van der Waals surface area contributed by atoms with E-state index in [1.54, 1.807) is 20.4 Å². The van der Waals surface area contributed by atoms with Crippen LogP contribution in [0, 0.1) is 0 Å². The van der Waals surface area contributed by atoms with Crippen LogP contribution in [0.2, 0.25) is 0 Å². The van der Waals surface area contributed by atoms with Crippen molar-refractivity contribution in [3.63, 3.8) is 0 Å².